The molecule has 208 valence electrons. The highest BCUT2D eigenvalue weighted by molar-refractivity contribution is 6.32. The topological polar surface area (TPSA) is 93.6 Å². The van der Waals surface area contributed by atoms with Crippen molar-refractivity contribution in [2.75, 3.05) is 4.90 Å². The van der Waals surface area contributed by atoms with E-state index >= 15 is 4.39 Å². The fourth-order valence-corrected chi connectivity index (χ4v) is 3.85. The minimum Gasteiger partial charge on any atom is -0.406 e. The van der Waals surface area contributed by atoms with Crippen molar-refractivity contribution < 1.29 is 54.2 Å². The van der Waals surface area contributed by atoms with E-state index in [2.05, 4.69) is 24.8 Å². The molecule has 0 aliphatic heterocycles. The molecule has 1 aliphatic rings. The van der Waals surface area contributed by atoms with E-state index in [0.29, 0.717) is 12.1 Å². The predicted octanol–water partition coefficient (Wildman–Crippen LogP) is 4.48. The van der Waals surface area contributed by atoms with Gasteiger partial charge in [-0.05, 0) is 31.9 Å². The molecule has 17 heteroatoms. The van der Waals surface area contributed by atoms with Crippen molar-refractivity contribution in [2.24, 2.45) is 0 Å². The molecule has 3 rings (SSSR count). The van der Waals surface area contributed by atoms with Crippen LogP contribution in [0, 0.1) is 5.82 Å². The molecular weight excluding hydrogens is 560 g/mol. The van der Waals surface area contributed by atoms with Crippen LogP contribution in [0.3, 0.4) is 0 Å². The number of nitrogens with zero attached hydrogens (tertiary/aromatic N) is 3. The molecule has 0 saturated heterocycles. The first kappa shape index (κ1) is 29.3. The summed E-state index contributed by atoms with van der Waals surface area (Å²) in [6.45, 7) is 1.01. The first-order valence-electron chi connectivity index (χ1n) is 10.5. The SMILES string of the molecule is C[C@@](C(=O)NC1CC(OC(F)(F)F)C1)(c1cncnc1)N(C(=O)[C@H](F)Cl)c1ccc(OC(F)(F)F)cc1F. The number of carbonyl (C=O) groups is 2. The zero-order chi connectivity index (χ0) is 28.5. The fourth-order valence-electron chi connectivity index (χ4n) is 3.75. The number of hydrogen-bond donors (Lipinski definition) is 1. The Balaban J connectivity index is 2.03. The van der Waals surface area contributed by atoms with Crippen LogP contribution in [0.5, 0.6) is 5.75 Å². The highest BCUT2D eigenvalue weighted by Gasteiger charge is 2.50. The Hall–Kier alpha value is -3.27. The van der Waals surface area contributed by atoms with E-state index in [1.165, 1.54) is 0 Å². The molecule has 1 aliphatic carbocycles. The van der Waals surface area contributed by atoms with E-state index in [1.54, 1.807) is 0 Å². The van der Waals surface area contributed by atoms with Crippen molar-refractivity contribution in [3.05, 3.63) is 48.3 Å². The average Bonchev–Trinajstić information content (AvgIpc) is 2.77. The molecule has 1 N–H and O–H groups in total. The maximum atomic E-state index is 15.1. The van der Waals surface area contributed by atoms with Gasteiger partial charge in [0.25, 0.3) is 17.4 Å². The molecule has 1 fully saturated rings. The van der Waals surface area contributed by atoms with Crippen LogP contribution in [0.1, 0.15) is 25.3 Å². The van der Waals surface area contributed by atoms with Crippen LogP contribution in [-0.4, -0.2) is 52.3 Å². The maximum Gasteiger partial charge on any atom is 0.573 e. The van der Waals surface area contributed by atoms with E-state index in [9.17, 15) is 40.3 Å². The molecule has 2 aromatic rings. The van der Waals surface area contributed by atoms with E-state index in [4.69, 9.17) is 11.6 Å². The normalized spacial score (nSPS) is 20.1. The van der Waals surface area contributed by atoms with Gasteiger partial charge in [-0.15, -0.1) is 26.3 Å². The highest BCUT2D eigenvalue weighted by Crippen LogP contribution is 2.39. The predicted molar refractivity (Wildman–Crippen MR) is 113 cm³/mol. The zero-order valence-electron chi connectivity index (χ0n) is 19.0. The second kappa shape index (κ2) is 10.8. The number of ether oxygens (including phenoxy) is 2. The van der Waals surface area contributed by atoms with E-state index < -0.39 is 65.1 Å². The summed E-state index contributed by atoms with van der Waals surface area (Å²) >= 11 is 5.33. The van der Waals surface area contributed by atoms with Gasteiger partial charge in [-0.3, -0.25) is 19.2 Å². The molecule has 0 unspecified atom stereocenters. The van der Waals surface area contributed by atoms with Gasteiger partial charge in [-0.25, -0.2) is 18.7 Å². The van der Waals surface area contributed by atoms with Gasteiger partial charge in [0.2, 0.25) is 0 Å². The summed E-state index contributed by atoms with van der Waals surface area (Å²) in [7, 11) is 0. The fraction of sp³-hybridized carbons (Fsp3) is 0.429. The third-order valence-electron chi connectivity index (χ3n) is 5.54. The molecule has 2 atom stereocenters. The van der Waals surface area contributed by atoms with Gasteiger partial charge >= 0.3 is 12.7 Å². The number of carbonyl (C=O) groups excluding carboxylic acids is 2. The number of anilines is 1. The van der Waals surface area contributed by atoms with Crippen molar-refractivity contribution in [1.82, 2.24) is 15.3 Å². The Morgan fingerprint density at radius 3 is 2.21 bits per heavy atom. The largest absolute Gasteiger partial charge is 0.573 e. The third kappa shape index (κ3) is 6.78. The van der Waals surface area contributed by atoms with Crippen molar-refractivity contribution >= 4 is 29.1 Å². The highest BCUT2D eigenvalue weighted by atomic mass is 35.5. The van der Waals surface area contributed by atoms with Gasteiger partial charge < -0.3 is 10.1 Å². The molecule has 2 amide bonds. The van der Waals surface area contributed by atoms with E-state index in [1.807, 2.05) is 0 Å². The number of amides is 2. The summed E-state index contributed by atoms with van der Waals surface area (Å²) in [5, 5.41) is 2.38. The van der Waals surface area contributed by atoms with Crippen LogP contribution in [-0.2, 0) is 19.9 Å². The minimum atomic E-state index is -5.18. The van der Waals surface area contributed by atoms with Crippen molar-refractivity contribution in [3.8, 4) is 5.75 Å². The maximum absolute atomic E-state index is 15.1. The number of benzene rings is 1. The summed E-state index contributed by atoms with van der Waals surface area (Å²) in [4.78, 5) is 34.1. The Bertz CT molecular complexity index is 1160. The number of aromatic nitrogens is 2. The molecule has 38 heavy (non-hydrogen) atoms. The molecule has 0 bridgehead atoms. The summed E-state index contributed by atoms with van der Waals surface area (Å²) in [5.41, 5.74) is -6.35. The second-order valence-corrected chi connectivity index (χ2v) is 8.55. The molecule has 1 saturated carbocycles. The lowest BCUT2D eigenvalue weighted by Gasteiger charge is -2.43. The molecule has 1 aromatic heterocycles. The summed E-state index contributed by atoms with van der Waals surface area (Å²) in [6.07, 6.45) is -8.85. The van der Waals surface area contributed by atoms with Crippen LogP contribution in [0.4, 0.5) is 40.8 Å². The lowest BCUT2D eigenvalue weighted by molar-refractivity contribution is -0.351. The molecular formula is C21H17ClF8N4O4. The molecule has 1 heterocycles. The van der Waals surface area contributed by atoms with Crippen molar-refractivity contribution in [3.63, 3.8) is 0 Å². The average molecular weight is 577 g/mol. The van der Waals surface area contributed by atoms with E-state index in [-0.39, 0.29) is 29.4 Å². The van der Waals surface area contributed by atoms with Gasteiger partial charge in [0, 0.05) is 30.1 Å². The van der Waals surface area contributed by atoms with Gasteiger partial charge in [0.15, 0.2) is 11.4 Å². The number of halogens is 9. The Labute approximate surface area is 213 Å². The smallest absolute Gasteiger partial charge is 0.406 e. The quantitative estimate of drug-likeness (QED) is 0.368. The first-order valence-corrected chi connectivity index (χ1v) is 10.9. The van der Waals surface area contributed by atoms with Gasteiger partial charge in [0.05, 0.1) is 11.8 Å². The number of nitrogens with one attached hydrogen (secondary N) is 1. The van der Waals surface area contributed by atoms with E-state index in [0.717, 1.165) is 25.6 Å². The van der Waals surface area contributed by atoms with Crippen molar-refractivity contribution in [1.29, 1.82) is 0 Å². The molecule has 1 aromatic carbocycles. The number of rotatable bonds is 8. The van der Waals surface area contributed by atoms with Crippen LogP contribution in [0.25, 0.3) is 0 Å². The number of alkyl halides is 8. The van der Waals surface area contributed by atoms with Crippen LogP contribution in [0.15, 0.2) is 36.9 Å². The van der Waals surface area contributed by atoms with Gasteiger partial charge in [-0.1, -0.05) is 11.6 Å². The monoisotopic (exact) mass is 576 g/mol. The standard InChI is InChI=1S/C21H17ClF8N4O4/c1-19(10-7-31-9-32-8-10,18(36)33-11-4-13(5-11)38-21(28,29)30)34(17(35)16(22)24)15-3-2-12(6-14(15)23)37-20(25,26)27/h2-3,6-9,11,13,16H,4-5H2,1H3,(H,33,36)/t11?,13?,16-,19-/m0/s1. The molecule has 0 spiro atoms. The van der Waals surface area contributed by atoms with Gasteiger partial charge in [0.1, 0.15) is 12.1 Å². The third-order valence-corrected chi connectivity index (χ3v) is 5.73. The van der Waals surface area contributed by atoms with Crippen LogP contribution in [0.2, 0.25) is 0 Å². The van der Waals surface area contributed by atoms with Crippen LogP contribution >= 0.6 is 11.6 Å². The van der Waals surface area contributed by atoms with Gasteiger partial charge in [-0.2, -0.15) is 0 Å². The Kier molecular flexibility index (Phi) is 8.36. The molecule has 8 nitrogen and oxygen atoms in total. The number of hydrogen-bond acceptors (Lipinski definition) is 6. The Morgan fingerprint density at radius 2 is 1.71 bits per heavy atom. The molecule has 0 radical (unpaired) electrons. The van der Waals surface area contributed by atoms with Crippen molar-refractivity contribution in [2.45, 2.75) is 55.8 Å². The lowest BCUT2D eigenvalue weighted by atomic mass is 9.85. The zero-order valence-corrected chi connectivity index (χ0v) is 19.7. The first-order chi connectivity index (χ1) is 17.5. The summed E-state index contributed by atoms with van der Waals surface area (Å²) in [6, 6.07) is 0.591. The summed E-state index contributed by atoms with van der Waals surface area (Å²) < 4.78 is 112. The lowest BCUT2D eigenvalue weighted by Crippen LogP contribution is -2.62. The summed E-state index contributed by atoms with van der Waals surface area (Å²) in [5.74, 6) is -5.38. The minimum absolute atomic E-state index is 0.222. The second-order valence-electron chi connectivity index (χ2n) is 8.16. The van der Waals surface area contributed by atoms with Crippen LogP contribution < -0.4 is 15.0 Å². The Morgan fingerprint density at radius 1 is 1.11 bits per heavy atom.